The quantitative estimate of drug-likeness (QED) is 0.625. The molecule has 0 saturated carbocycles. The maximum absolute atomic E-state index is 12.9. The van der Waals surface area contributed by atoms with Gasteiger partial charge in [0.25, 0.3) is 5.91 Å². The molecule has 0 bridgehead atoms. The van der Waals surface area contributed by atoms with Crippen LogP contribution in [0.4, 0.5) is 0 Å². The monoisotopic (exact) mass is 437 g/mol. The predicted molar refractivity (Wildman–Crippen MR) is 126 cm³/mol. The summed E-state index contributed by atoms with van der Waals surface area (Å²) in [5.74, 6) is 1.73. The van der Waals surface area contributed by atoms with E-state index in [-0.39, 0.29) is 17.9 Å². The Morgan fingerprint density at radius 3 is 2.47 bits per heavy atom. The molecule has 1 saturated heterocycles. The Kier molecular flexibility index (Phi) is 8.26. The smallest absolute Gasteiger partial charge is 0.253 e. The van der Waals surface area contributed by atoms with E-state index in [1.807, 2.05) is 29.0 Å². The fourth-order valence-corrected chi connectivity index (χ4v) is 4.50. The minimum atomic E-state index is 0.0550. The van der Waals surface area contributed by atoms with E-state index in [0.29, 0.717) is 36.9 Å². The number of amides is 2. The van der Waals surface area contributed by atoms with Crippen LogP contribution in [0.3, 0.4) is 0 Å². The Morgan fingerprint density at radius 2 is 1.84 bits per heavy atom. The van der Waals surface area contributed by atoms with E-state index in [1.54, 1.807) is 31.6 Å². The van der Waals surface area contributed by atoms with Crippen molar-refractivity contribution >= 4 is 11.8 Å². The number of benzene rings is 1. The second kappa shape index (κ2) is 11.1. The molecular weight excluding hydrogens is 402 g/mol. The molecule has 1 unspecified atom stereocenters. The van der Waals surface area contributed by atoms with E-state index in [0.717, 1.165) is 30.6 Å². The Bertz CT molecular complexity index is 892. The van der Waals surface area contributed by atoms with Gasteiger partial charge in [-0.05, 0) is 60.9 Å². The maximum Gasteiger partial charge on any atom is 0.253 e. The van der Waals surface area contributed by atoms with Crippen molar-refractivity contribution in [3.05, 3.63) is 59.9 Å². The third-order valence-corrected chi connectivity index (χ3v) is 6.35. The number of rotatable bonds is 8. The molecule has 1 aliphatic rings. The second-order valence-corrected chi connectivity index (χ2v) is 9.09. The number of hydrogen-bond acceptors (Lipinski definition) is 4. The Hall–Kier alpha value is -2.89. The predicted octanol–water partition coefficient (Wildman–Crippen LogP) is 4.06. The van der Waals surface area contributed by atoms with Crippen LogP contribution in [0.5, 0.6) is 5.75 Å². The van der Waals surface area contributed by atoms with Gasteiger partial charge in [-0.2, -0.15) is 0 Å². The van der Waals surface area contributed by atoms with Gasteiger partial charge in [-0.3, -0.25) is 14.6 Å². The van der Waals surface area contributed by atoms with Crippen molar-refractivity contribution in [2.45, 2.75) is 45.6 Å². The van der Waals surface area contributed by atoms with Crippen LogP contribution in [-0.2, 0) is 11.2 Å². The third kappa shape index (κ3) is 6.09. The summed E-state index contributed by atoms with van der Waals surface area (Å²) in [6.07, 6.45) is 6.39. The number of aromatic nitrogens is 1. The molecular formula is C26H35N3O3. The Balaban J connectivity index is 1.73. The zero-order valence-corrected chi connectivity index (χ0v) is 19.7. The molecule has 0 aliphatic carbocycles. The summed E-state index contributed by atoms with van der Waals surface area (Å²) in [6.45, 7) is 5.55. The van der Waals surface area contributed by atoms with Gasteiger partial charge in [-0.1, -0.05) is 26.0 Å². The normalized spacial score (nSPS) is 15.5. The average molecular weight is 438 g/mol. The van der Waals surface area contributed by atoms with Gasteiger partial charge in [0.05, 0.1) is 7.11 Å². The van der Waals surface area contributed by atoms with Gasteiger partial charge in [0, 0.05) is 50.6 Å². The number of pyridine rings is 1. The molecule has 32 heavy (non-hydrogen) atoms. The number of ether oxygens (including phenoxy) is 1. The van der Waals surface area contributed by atoms with E-state index in [2.05, 4.69) is 31.0 Å². The lowest BCUT2D eigenvalue weighted by molar-refractivity contribution is -0.134. The summed E-state index contributed by atoms with van der Waals surface area (Å²) in [6, 6.07) is 11.7. The van der Waals surface area contributed by atoms with Crippen LogP contribution in [0, 0.1) is 11.8 Å². The molecule has 0 N–H and O–H groups in total. The van der Waals surface area contributed by atoms with E-state index in [4.69, 9.17) is 4.74 Å². The van der Waals surface area contributed by atoms with Crippen molar-refractivity contribution in [3.63, 3.8) is 0 Å². The van der Waals surface area contributed by atoms with Gasteiger partial charge in [0.15, 0.2) is 0 Å². The molecule has 6 nitrogen and oxygen atoms in total. The molecule has 2 amide bonds. The highest BCUT2D eigenvalue weighted by molar-refractivity contribution is 5.94. The third-order valence-electron chi connectivity index (χ3n) is 6.35. The molecule has 1 atom stereocenters. The number of nitrogens with zero attached hydrogens (tertiary/aromatic N) is 3. The number of likely N-dealkylation sites (N-methyl/N-ethyl adjacent to an activating group) is 1. The van der Waals surface area contributed by atoms with Crippen LogP contribution in [0.1, 0.15) is 49.0 Å². The van der Waals surface area contributed by atoms with Crippen molar-refractivity contribution in [2.24, 2.45) is 11.8 Å². The van der Waals surface area contributed by atoms with Crippen molar-refractivity contribution in [3.8, 4) is 5.75 Å². The molecule has 0 spiro atoms. The molecule has 2 heterocycles. The first-order valence-corrected chi connectivity index (χ1v) is 11.5. The van der Waals surface area contributed by atoms with Crippen LogP contribution in [-0.4, -0.2) is 59.9 Å². The van der Waals surface area contributed by atoms with E-state index in [1.165, 1.54) is 0 Å². The Morgan fingerprint density at radius 1 is 1.16 bits per heavy atom. The first-order chi connectivity index (χ1) is 15.4. The highest BCUT2D eigenvalue weighted by Crippen LogP contribution is 2.28. The lowest BCUT2D eigenvalue weighted by Crippen LogP contribution is -2.48. The van der Waals surface area contributed by atoms with Crippen LogP contribution in [0.15, 0.2) is 48.8 Å². The fourth-order valence-electron chi connectivity index (χ4n) is 4.50. The highest BCUT2D eigenvalue weighted by Gasteiger charge is 2.33. The van der Waals surface area contributed by atoms with E-state index in [9.17, 15) is 9.59 Å². The van der Waals surface area contributed by atoms with Crippen LogP contribution < -0.4 is 4.74 Å². The molecule has 0 radical (unpaired) electrons. The molecule has 172 valence electrons. The van der Waals surface area contributed by atoms with Gasteiger partial charge in [0.1, 0.15) is 5.75 Å². The van der Waals surface area contributed by atoms with Crippen molar-refractivity contribution < 1.29 is 14.3 Å². The number of likely N-dealkylation sites (tertiary alicyclic amines) is 1. The van der Waals surface area contributed by atoms with Gasteiger partial charge in [0.2, 0.25) is 5.91 Å². The number of methoxy groups -OCH3 is 1. The molecule has 1 aromatic heterocycles. The number of carbonyl (C=O) groups excluding carboxylic acids is 2. The van der Waals surface area contributed by atoms with E-state index >= 15 is 0 Å². The summed E-state index contributed by atoms with van der Waals surface area (Å²) in [5, 5.41) is 0. The number of hydrogen-bond donors (Lipinski definition) is 0. The summed E-state index contributed by atoms with van der Waals surface area (Å²) in [5.41, 5.74) is 1.84. The van der Waals surface area contributed by atoms with E-state index < -0.39 is 0 Å². The lowest BCUT2D eigenvalue weighted by atomic mass is 9.84. The molecule has 1 aromatic carbocycles. The zero-order valence-electron chi connectivity index (χ0n) is 19.7. The SMILES string of the molecule is COc1cccc(CC(C2CCN(C(=O)c3ccncc3)CC2)N(C)C(=O)CC(C)C)c1. The Labute approximate surface area is 191 Å². The summed E-state index contributed by atoms with van der Waals surface area (Å²) < 4.78 is 5.40. The van der Waals surface area contributed by atoms with Crippen LogP contribution in [0.25, 0.3) is 0 Å². The summed E-state index contributed by atoms with van der Waals surface area (Å²) >= 11 is 0. The number of piperidine rings is 1. The molecule has 1 aliphatic heterocycles. The molecule has 3 rings (SSSR count). The second-order valence-electron chi connectivity index (χ2n) is 9.09. The standard InChI is InChI=1S/C26H35N3O3/c1-19(2)16-25(30)28(3)24(18-20-6-5-7-23(17-20)32-4)21-10-14-29(15-11-21)26(31)22-8-12-27-13-9-22/h5-9,12-13,17,19,21,24H,10-11,14-16,18H2,1-4H3. The van der Waals surface area contributed by atoms with Crippen LogP contribution >= 0.6 is 0 Å². The molecule has 6 heteroatoms. The van der Waals surface area contributed by atoms with Gasteiger partial charge >= 0.3 is 0 Å². The molecule has 2 aromatic rings. The zero-order chi connectivity index (χ0) is 23.1. The van der Waals surface area contributed by atoms with Gasteiger partial charge in [-0.25, -0.2) is 0 Å². The van der Waals surface area contributed by atoms with Crippen LogP contribution in [0.2, 0.25) is 0 Å². The minimum Gasteiger partial charge on any atom is -0.497 e. The average Bonchev–Trinajstić information content (AvgIpc) is 2.82. The fraction of sp³-hybridized carbons (Fsp3) is 0.500. The van der Waals surface area contributed by atoms with Crippen molar-refractivity contribution in [1.82, 2.24) is 14.8 Å². The van der Waals surface area contributed by atoms with Gasteiger partial charge in [-0.15, -0.1) is 0 Å². The summed E-state index contributed by atoms with van der Waals surface area (Å²) in [7, 11) is 3.61. The highest BCUT2D eigenvalue weighted by atomic mass is 16.5. The minimum absolute atomic E-state index is 0.0550. The largest absolute Gasteiger partial charge is 0.497 e. The maximum atomic E-state index is 12.9. The van der Waals surface area contributed by atoms with Gasteiger partial charge < -0.3 is 14.5 Å². The first-order valence-electron chi connectivity index (χ1n) is 11.5. The number of carbonyl (C=O) groups is 2. The first kappa shape index (κ1) is 23.8. The molecule has 1 fully saturated rings. The lowest BCUT2D eigenvalue weighted by Gasteiger charge is -2.40. The van der Waals surface area contributed by atoms with Crippen molar-refractivity contribution in [2.75, 3.05) is 27.2 Å². The topological polar surface area (TPSA) is 62.7 Å². The summed E-state index contributed by atoms with van der Waals surface area (Å²) in [4.78, 5) is 33.6. The van der Waals surface area contributed by atoms with Crippen molar-refractivity contribution in [1.29, 1.82) is 0 Å².